The van der Waals surface area contributed by atoms with Gasteiger partial charge in [0.05, 0.1) is 0 Å². The molecular weight excluding hydrogens is 292 g/mol. The number of rotatable bonds is 7. The van der Waals surface area contributed by atoms with Gasteiger partial charge in [0, 0.05) is 39.1 Å². The summed E-state index contributed by atoms with van der Waals surface area (Å²) in [6, 6.07) is 10.6. The Balaban J connectivity index is 1.39. The summed E-state index contributed by atoms with van der Waals surface area (Å²) in [4.78, 5) is 4.57. The SMILES string of the molecule is CCCc1nnc(N2CCN(CCOc3ccccc3)CC2)o1. The Hall–Kier alpha value is -2.08. The van der Waals surface area contributed by atoms with Gasteiger partial charge in [-0.15, -0.1) is 5.10 Å². The maximum Gasteiger partial charge on any atom is 0.318 e. The minimum Gasteiger partial charge on any atom is -0.492 e. The molecule has 23 heavy (non-hydrogen) atoms. The lowest BCUT2D eigenvalue weighted by Crippen LogP contribution is -2.47. The summed E-state index contributed by atoms with van der Waals surface area (Å²) in [5, 5.41) is 8.24. The normalized spacial score (nSPS) is 15.8. The zero-order valence-corrected chi connectivity index (χ0v) is 13.6. The lowest BCUT2D eigenvalue weighted by atomic mass is 10.3. The van der Waals surface area contributed by atoms with Gasteiger partial charge in [0.15, 0.2) is 0 Å². The highest BCUT2D eigenvalue weighted by Crippen LogP contribution is 2.15. The highest BCUT2D eigenvalue weighted by atomic mass is 16.5. The van der Waals surface area contributed by atoms with Crippen LogP contribution in [0.5, 0.6) is 5.75 Å². The average Bonchev–Trinajstić information content (AvgIpc) is 3.06. The summed E-state index contributed by atoms with van der Waals surface area (Å²) in [6.07, 6.45) is 1.88. The third kappa shape index (κ3) is 4.45. The fourth-order valence-corrected chi connectivity index (χ4v) is 2.66. The van der Waals surface area contributed by atoms with Crippen LogP contribution < -0.4 is 9.64 Å². The van der Waals surface area contributed by atoms with E-state index in [0.717, 1.165) is 57.2 Å². The van der Waals surface area contributed by atoms with E-state index < -0.39 is 0 Å². The van der Waals surface area contributed by atoms with Crippen molar-refractivity contribution in [2.75, 3.05) is 44.2 Å². The summed E-state index contributed by atoms with van der Waals surface area (Å²) in [5.74, 6) is 1.67. The number of hydrogen-bond acceptors (Lipinski definition) is 6. The maximum atomic E-state index is 5.75. The number of para-hydroxylation sites is 1. The molecule has 0 amide bonds. The number of hydrogen-bond donors (Lipinski definition) is 0. The first kappa shape index (κ1) is 15.8. The van der Waals surface area contributed by atoms with Crippen molar-refractivity contribution in [3.8, 4) is 5.75 Å². The molecule has 1 aromatic heterocycles. The second-order valence-electron chi connectivity index (χ2n) is 5.72. The topological polar surface area (TPSA) is 54.6 Å². The molecule has 1 aliphatic heterocycles. The number of aryl methyl sites for hydroxylation is 1. The van der Waals surface area contributed by atoms with Crippen molar-refractivity contribution in [3.05, 3.63) is 36.2 Å². The summed E-state index contributed by atoms with van der Waals surface area (Å²) in [5.41, 5.74) is 0. The molecule has 124 valence electrons. The van der Waals surface area contributed by atoms with Gasteiger partial charge < -0.3 is 14.1 Å². The predicted octanol–water partition coefficient (Wildman–Crippen LogP) is 2.22. The van der Waals surface area contributed by atoms with Crippen LogP contribution in [0.2, 0.25) is 0 Å². The molecule has 0 bridgehead atoms. The number of nitrogens with zero attached hydrogens (tertiary/aromatic N) is 4. The monoisotopic (exact) mass is 316 g/mol. The largest absolute Gasteiger partial charge is 0.492 e. The predicted molar refractivity (Wildman–Crippen MR) is 88.9 cm³/mol. The van der Waals surface area contributed by atoms with Gasteiger partial charge in [0.25, 0.3) is 0 Å². The van der Waals surface area contributed by atoms with Crippen LogP contribution in [0.15, 0.2) is 34.7 Å². The van der Waals surface area contributed by atoms with Crippen LogP contribution in [-0.4, -0.2) is 54.4 Å². The van der Waals surface area contributed by atoms with Crippen LogP contribution in [0.25, 0.3) is 0 Å². The van der Waals surface area contributed by atoms with Crippen molar-refractivity contribution < 1.29 is 9.15 Å². The molecule has 2 heterocycles. The van der Waals surface area contributed by atoms with Gasteiger partial charge in [-0.2, -0.15) is 0 Å². The highest BCUT2D eigenvalue weighted by molar-refractivity contribution is 5.25. The van der Waals surface area contributed by atoms with Crippen LogP contribution in [0.1, 0.15) is 19.2 Å². The maximum absolute atomic E-state index is 5.75. The second kappa shape index (κ2) is 7.97. The Labute approximate surface area is 137 Å². The van der Waals surface area contributed by atoms with Gasteiger partial charge in [-0.1, -0.05) is 30.2 Å². The van der Waals surface area contributed by atoms with Crippen molar-refractivity contribution in [1.82, 2.24) is 15.1 Å². The Morgan fingerprint density at radius 2 is 1.87 bits per heavy atom. The van der Waals surface area contributed by atoms with Crippen molar-refractivity contribution in [2.45, 2.75) is 19.8 Å². The first-order chi connectivity index (χ1) is 11.3. The molecule has 0 unspecified atom stereocenters. The highest BCUT2D eigenvalue weighted by Gasteiger charge is 2.21. The molecule has 1 aliphatic rings. The molecule has 0 spiro atoms. The van der Waals surface area contributed by atoms with Crippen LogP contribution in [0, 0.1) is 0 Å². The number of aromatic nitrogens is 2. The lowest BCUT2D eigenvalue weighted by Gasteiger charge is -2.33. The van der Waals surface area contributed by atoms with Crippen molar-refractivity contribution >= 4 is 6.01 Å². The third-order valence-corrected chi connectivity index (χ3v) is 3.98. The Kier molecular flexibility index (Phi) is 5.47. The number of ether oxygens (including phenoxy) is 1. The molecule has 6 nitrogen and oxygen atoms in total. The smallest absolute Gasteiger partial charge is 0.318 e. The van der Waals surface area contributed by atoms with E-state index in [-0.39, 0.29) is 0 Å². The summed E-state index contributed by atoms with van der Waals surface area (Å²) in [7, 11) is 0. The van der Waals surface area contributed by atoms with Crippen molar-refractivity contribution in [2.24, 2.45) is 0 Å². The molecule has 0 saturated carbocycles. The zero-order chi connectivity index (χ0) is 15.9. The fraction of sp³-hybridized carbons (Fsp3) is 0.529. The number of piperazine rings is 1. The molecule has 0 atom stereocenters. The van der Waals surface area contributed by atoms with Gasteiger partial charge in [-0.25, -0.2) is 0 Å². The molecule has 1 fully saturated rings. The molecule has 1 saturated heterocycles. The second-order valence-corrected chi connectivity index (χ2v) is 5.72. The molecule has 6 heteroatoms. The summed E-state index contributed by atoms with van der Waals surface area (Å²) < 4.78 is 11.5. The Morgan fingerprint density at radius 3 is 2.61 bits per heavy atom. The third-order valence-electron chi connectivity index (χ3n) is 3.98. The van der Waals surface area contributed by atoms with Gasteiger partial charge >= 0.3 is 6.01 Å². The molecule has 0 N–H and O–H groups in total. The van der Waals surface area contributed by atoms with E-state index in [9.17, 15) is 0 Å². The molecule has 0 radical (unpaired) electrons. The molecule has 0 aliphatic carbocycles. The van der Waals surface area contributed by atoms with Gasteiger partial charge in [-0.3, -0.25) is 4.90 Å². The van der Waals surface area contributed by atoms with E-state index >= 15 is 0 Å². The summed E-state index contributed by atoms with van der Waals surface area (Å²) >= 11 is 0. The Bertz CT molecular complexity index is 579. The van der Waals surface area contributed by atoms with E-state index in [2.05, 4.69) is 26.9 Å². The fourth-order valence-electron chi connectivity index (χ4n) is 2.66. The first-order valence-corrected chi connectivity index (χ1v) is 8.32. The molecule has 1 aromatic carbocycles. The van der Waals surface area contributed by atoms with E-state index in [1.165, 1.54) is 0 Å². The van der Waals surface area contributed by atoms with E-state index in [4.69, 9.17) is 9.15 Å². The van der Waals surface area contributed by atoms with Gasteiger partial charge in [-0.05, 0) is 18.6 Å². The van der Waals surface area contributed by atoms with Crippen LogP contribution in [0.3, 0.4) is 0 Å². The van der Waals surface area contributed by atoms with Crippen molar-refractivity contribution in [1.29, 1.82) is 0 Å². The first-order valence-electron chi connectivity index (χ1n) is 8.32. The minimum absolute atomic E-state index is 0.661. The van der Waals surface area contributed by atoms with Gasteiger partial charge in [0.1, 0.15) is 12.4 Å². The van der Waals surface area contributed by atoms with Crippen LogP contribution in [0.4, 0.5) is 6.01 Å². The van der Waals surface area contributed by atoms with E-state index in [1.807, 2.05) is 30.3 Å². The Morgan fingerprint density at radius 1 is 1.09 bits per heavy atom. The zero-order valence-electron chi connectivity index (χ0n) is 13.6. The lowest BCUT2D eigenvalue weighted by molar-refractivity contribution is 0.198. The summed E-state index contributed by atoms with van der Waals surface area (Å²) in [6.45, 7) is 7.57. The standard InChI is InChI=1S/C17H24N4O2/c1-2-6-16-18-19-17(23-16)21-11-9-20(10-12-21)13-14-22-15-7-4-3-5-8-15/h3-5,7-8H,2,6,9-14H2,1H3. The van der Waals surface area contributed by atoms with Crippen molar-refractivity contribution in [3.63, 3.8) is 0 Å². The van der Waals surface area contributed by atoms with E-state index in [1.54, 1.807) is 0 Å². The average molecular weight is 316 g/mol. The number of anilines is 1. The van der Waals surface area contributed by atoms with Crippen LogP contribution in [-0.2, 0) is 6.42 Å². The molecule has 2 aromatic rings. The van der Waals surface area contributed by atoms with Crippen LogP contribution >= 0.6 is 0 Å². The molecular formula is C17H24N4O2. The minimum atomic E-state index is 0.661. The van der Waals surface area contributed by atoms with Gasteiger partial charge in [0.2, 0.25) is 5.89 Å². The van der Waals surface area contributed by atoms with E-state index in [0.29, 0.717) is 12.6 Å². The number of benzene rings is 1. The molecule has 3 rings (SSSR count). The quantitative estimate of drug-likeness (QED) is 0.781.